The number of nitrogens with zero attached hydrogens (tertiary/aromatic N) is 3. The first kappa shape index (κ1) is 16.7. The lowest BCUT2D eigenvalue weighted by Gasteiger charge is -2.13. The topological polar surface area (TPSA) is 62.7 Å². The first-order chi connectivity index (χ1) is 11.9. The van der Waals surface area contributed by atoms with Crippen LogP contribution in [-0.2, 0) is 6.18 Å². The molecule has 3 aromatic rings. The molecule has 1 aromatic heterocycles. The van der Waals surface area contributed by atoms with E-state index >= 15 is 0 Å². The zero-order chi connectivity index (χ0) is 17.9. The molecule has 2 N–H and O–H groups in total. The van der Waals surface area contributed by atoms with E-state index in [1.165, 1.54) is 24.4 Å². The van der Waals surface area contributed by atoms with E-state index in [-0.39, 0.29) is 11.6 Å². The van der Waals surface area contributed by atoms with Crippen molar-refractivity contribution >= 4 is 23.1 Å². The van der Waals surface area contributed by atoms with Crippen LogP contribution in [0.2, 0.25) is 0 Å². The highest BCUT2D eigenvalue weighted by atomic mass is 19.4. The summed E-state index contributed by atoms with van der Waals surface area (Å²) in [6, 6.07) is 12.7. The molecule has 128 valence electrons. The summed E-state index contributed by atoms with van der Waals surface area (Å²) in [5.41, 5.74) is 0.892. The normalized spacial score (nSPS) is 11.2. The molecule has 0 atom stereocenters. The molecule has 0 unspecified atom stereocenters. The Bertz CT molecular complexity index is 880. The average molecular weight is 345 g/mol. The van der Waals surface area contributed by atoms with Gasteiger partial charge in [0.05, 0.1) is 17.4 Å². The fraction of sp³-hybridized carbons (Fsp3) is 0.118. The Balaban J connectivity index is 1.85. The molecular formula is C17H14F3N5. The Morgan fingerprint density at radius 3 is 2.28 bits per heavy atom. The van der Waals surface area contributed by atoms with Gasteiger partial charge in [-0.1, -0.05) is 30.3 Å². The molecular weight excluding hydrogens is 331 g/mol. The van der Waals surface area contributed by atoms with Crippen LogP contribution < -0.4 is 10.6 Å². The fourth-order valence-corrected chi connectivity index (χ4v) is 2.23. The molecule has 0 saturated carbocycles. The fourth-order valence-electron chi connectivity index (χ4n) is 2.23. The number of para-hydroxylation sites is 2. The monoisotopic (exact) mass is 345 g/mol. The van der Waals surface area contributed by atoms with E-state index in [1.807, 2.05) is 31.2 Å². The highest BCUT2D eigenvalue weighted by Gasteiger charge is 2.33. The number of rotatable bonds is 4. The summed E-state index contributed by atoms with van der Waals surface area (Å²) in [7, 11) is 0. The highest BCUT2D eigenvalue weighted by molar-refractivity contribution is 5.63. The van der Waals surface area contributed by atoms with Gasteiger partial charge in [0, 0.05) is 5.69 Å². The Morgan fingerprint density at radius 2 is 1.56 bits per heavy atom. The highest BCUT2D eigenvalue weighted by Crippen LogP contribution is 2.35. The van der Waals surface area contributed by atoms with Crippen LogP contribution in [0.25, 0.3) is 0 Å². The summed E-state index contributed by atoms with van der Waals surface area (Å²) in [5, 5.41) is 13.2. The van der Waals surface area contributed by atoms with Crippen LogP contribution in [0.4, 0.5) is 36.3 Å². The van der Waals surface area contributed by atoms with Crippen LogP contribution in [0.15, 0.2) is 54.7 Å². The maximum absolute atomic E-state index is 13.1. The van der Waals surface area contributed by atoms with Gasteiger partial charge in [-0.05, 0) is 30.7 Å². The third-order valence-corrected chi connectivity index (χ3v) is 3.45. The minimum atomic E-state index is -4.48. The van der Waals surface area contributed by atoms with Crippen LogP contribution in [0.5, 0.6) is 0 Å². The third-order valence-electron chi connectivity index (χ3n) is 3.45. The van der Waals surface area contributed by atoms with Gasteiger partial charge >= 0.3 is 6.18 Å². The maximum Gasteiger partial charge on any atom is 0.418 e. The van der Waals surface area contributed by atoms with Crippen LogP contribution in [0, 0.1) is 6.92 Å². The molecule has 8 heteroatoms. The van der Waals surface area contributed by atoms with Crippen LogP contribution >= 0.6 is 0 Å². The summed E-state index contributed by atoms with van der Waals surface area (Å²) < 4.78 is 39.2. The molecule has 0 spiro atoms. The first-order valence-corrected chi connectivity index (χ1v) is 7.39. The van der Waals surface area contributed by atoms with E-state index in [2.05, 4.69) is 25.8 Å². The molecule has 25 heavy (non-hydrogen) atoms. The molecule has 0 amide bonds. The minimum Gasteiger partial charge on any atom is -0.339 e. The first-order valence-electron chi connectivity index (χ1n) is 7.39. The van der Waals surface area contributed by atoms with Crippen LogP contribution in [-0.4, -0.2) is 15.2 Å². The van der Waals surface area contributed by atoms with Gasteiger partial charge in [0.2, 0.25) is 5.95 Å². The number of hydrogen-bond acceptors (Lipinski definition) is 5. The zero-order valence-electron chi connectivity index (χ0n) is 13.2. The summed E-state index contributed by atoms with van der Waals surface area (Å²) in [5.74, 6) is 0.339. The van der Waals surface area contributed by atoms with Gasteiger partial charge in [-0.15, -0.1) is 5.10 Å². The second-order valence-electron chi connectivity index (χ2n) is 5.27. The molecule has 1 heterocycles. The molecule has 0 saturated heterocycles. The van der Waals surface area contributed by atoms with E-state index in [0.717, 1.165) is 17.3 Å². The predicted molar refractivity (Wildman–Crippen MR) is 89.0 cm³/mol. The van der Waals surface area contributed by atoms with Crippen molar-refractivity contribution in [1.82, 2.24) is 15.2 Å². The van der Waals surface area contributed by atoms with Gasteiger partial charge in [-0.2, -0.15) is 23.3 Å². The molecule has 0 aliphatic heterocycles. The molecule has 0 radical (unpaired) electrons. The summed E-state index contributed by atoms with van der Waals surface area (Å²) in [6.07, 6.45) is -3.08. The number of aryl methyl sites for hydroxylation is 1. The molecule has 2 aromatic carbocycles. The number of hydrogen-bond donors (Lipinski definition) is 2. The summed E-state index contributed by atoms with van der Waals surface area (Å²) in [6.45, 7) is 1.93. The van der Waals surface area contributed by atoms with Gasteiger partial charge < -0.3 is 10.6 Å². The number of benzene rings is 2. The lowest BCUT2D eigenvalue weighted by molar-refractivity contribution is -0.136. The second-order valence-corrected chi connectivity index (χ2v) is 5.27. The van der Waals surface area contributed by atoms with Crippen molar-refractivity contribution in [3.63, 3.8) is 0 Å². The SMILES string of the molecule is Cc1ccccc1Nc1cnnc(Nc2ccccc2C(F)(F)F)n1. The van der Waals surface area contributed by atoms with Crippen molar-refractivity contribution in [2.45, 2.75) is 13.1 Å². The van der Waals surface area contributed by atoms with Crippen LogP contribution in [0.1, 0.15) is 11.1 Å². The van der Waals surface area contributed by atoms with Crippen molar-refractivity contribution in [2.75, 3.05) is 10.6 Å². The molecule has 0 aliphatic rings. The zero-order valence-corrected chi connectivity index (χ0v) is 13.2. The van der Waals surface area contributed by atoms with Crippen molar-refractivity contribution in [2.24, 2.45) is 0 Å². The second kappa shape index (κ2) is 6.76. The van der Waals surface area contributed by atoms with Gasteiger partial charge in [0.15, 0.2) is 5.82 Å². The van der Waals surface area contributed by atoms with E-state index in [9.17, 15) is 13.2 Å². The van der Waals surface area contributed by atoms with Crippen molar-refractivity contribution in [1.29, 1.82) is 0 Å². The van der Waals surface area contributed by atoms with Crippen LogP contribution in [0.3, 0.4) is 0 Å². The van der Waals surface area contributed by atoms with E-state index in [1.54, 1.807) is 0 Å². The van der Waals surface area contributed by atoms with E-state index in [4.69, 9.17) is 0 Å². The number of aromatic nitrogens is 3. The van der Waals surface area contributed by atoms with Gasteiger partial charge in [-0.3, -0.25) is 0 Å². The van der Waals surface area contributed by atoms with Crippen molar-refractivity contribution < 1.29 is 13.2 Å². The molecule has 0 bridgehead atoms. The number of halogens is 3. The number of anilines is 4. The molecule has 0 aliphatic carbocycles. The van der Waals surface area contributed by atoms with Crippen molar-refractivity contribution in [3.8, 4) is 0 Å². The maximum atomic E-state index is 13.1. The summed E-state index contributed by atoms with van der Waals surface area (Å²) in [4.78, 5) is 4.16. The lowest BCUT2D eigenvalue weighted by atomic mass is 10.1. The predicted octanol–water partition coefficient (Wildman–Crippen LogP) is 4.69. The smallest absolute Gasteiger partial charge is 0.339 e. The molecule has 5 nitrogen and oxygen atoms in total. The average Bonchev–Trinajstić information content (AvgIpc) is 2.57. The lowest BCUT2D eigenvalue weighted by Crippen LogP contribution is -2.10. The molecule has 3 rings (SSSR count). The molecule has 0 fully saturated rings. The Labute approximate surface area is 141 Å². The quantitative estimate of drug-likeness (QED) is 0.718. The largest absolute Gasteiger partial charge is 0.418 e. The van der Waals surface area contributed by atoms with Gasteiger partial charge in [-0.25, -0.2) is 0 Å². The van der Waals surface area contributed by atoms with E-state index in [0.29, 0.717) is 5.82 Å². The van der Waals surface area contributed by atoms with E-state index < -0.39 is 11.7 Å². The number of nitrogens with one attached hydrogen (secondary N) is 2. The van der Waals surface area contributed by atoms with Gasteiger partial charge in [0.1, 0.15) is 0 Å². The van der Waals surface area contributed by atoms with Crippen molar-refractivity contribution in [3.05, 3.63) is 65.9 Å². The minimum absolute atomic E-state index is 0.0321. The Hall–Kier alpha value is -3.16. The Kier molecular flexibility index (Phi) is 4.51. The summed E-state index contributed by atoms with van der Waals surface area (Å²) >= 11 is 0. The third kappa shape index (κ3) is 4.03. The number of alkyl halides is 3. The van der Waals surface area contributed by atoms with Gasteiger partial charge in [0.25, 0.3) is 0 Å². The standard InChI is InChI=1S/C17H14F3N5/c1-11-6-2-4-8-13(11)22-15-10-21-25-16(24-15)23-14-9-5-3-7-12(14)17(18,19)20/h2-10H,1H3,(H2,22,23,24,25). The Morgan fingerprint density at radius 1 is 0.880 bits per heavy atom.